The molecule has 0 radical (unpaired) electrons. The van der Waals surface area contributed by atoms with Crippen molar-refractivity contribution in [2.45, 2.75) is 33.1 Å². The molecule has 0 spiro atoms. The van der Waals surface area contributed by atoms with Crippen LogP contribution in [0, 0.1) is 0 Å². The zero-order chi connectivity index (χ0) is 16.0. The van der Waals surface area contributed by atoms with Crippen molar-refractivity contribution < 1.29 is 8.42 Å². The zero-order valence-electron chi connectivity index (χ0n) is 12.9. The third-order valence-electron chi connectivity index (χ3n) is 2.94. The number of rotatable bonds is 8. The van der Waals surface area contributed by atoms with E-state index in [9.17, 15) is 8.42 Å². The van der Waals surface area contributed by atoms with Crippen molar-refractivity contribution in [2.75, 3.05) is 31.2 Å². The number of anilines is 1. The summed E-state index contributed by atoms with van der Waals surface area (Å²) in [6, 6.07) is 1.82. The first-order valence-corrected chi connectivity index (χ1v) is 9.61. The van der Waals surface area contributed by atoms with Gasteiger partial charge in [0.05, 0.1) is 6.26 Å². The maximum absolute atomic E-state index is 11.5. The van der Waals surface area contributed by atoms with E-state index < -0.39 is 10.0 Å². The lowest BCUT2D eigenvalue weighted by Gasteiger charge is -2.17. The van der Waals surface area contributed by atoms with Crippen LogP contribution < -0.4 is 5.32 Å². The summed E-state index contributed by atoms with van der Waals surface area (Å²) < 4.78 is 25.1. The SMILES string of the molecule is CCN(CCCNc1cc(Br)nc(C(C)C)n1)S(C)(=O)=O. The van der Waals surface area contributed by atoms with Gasteiger partial charge in [-0.15, -0.1) is 0 Å². The fourth-order valence-electron chi connectivity index (χ4n) is 1.81. The van der Waals surface area contributed by atoms with Gasteiger partial charge >= 0.3 is 0 Å². The number of hydrogen-bond donors (Lipinski definition) is 1. The molecule has 0 saturated heterocycles. The number of nitrogens with zero attached hydrogens (tertiary/aromatic N) is 3. The standard InChI is InChI=1S/C13H23BrN4O2S/c1-5-18(21(4,19)20)8-6-7-15-12-9-11(14)16-13(17-12)10(2)3/h9-10H,5-8H2,1-4H3,(H,15,16,17). The van der Waals surface area contributed by atoms with Crippen LogP contribution in [-0.4, -0.2) is 48.6 Å². The lowest BCUT2D eigenvalue weighted by atomic mass is 10.2. The van der Waals surface area contributed by atoms with E-state index in [4.69, 9.17) is 0 Å². The first kappa shape index (κ1) is 18.3. The lowest BCUT2D eigenvalue weighted by Crippen LogP contribution is -2.31. The quantitative estimate of drug-likeness (QED) is 0.555. The predicted octanol–water partition coefficient (Wildman–Crippen LogP) is 2.45. The van der Waals surface area contributed by atoms with E-state index in [1.807, 2.05) is 26.8 Å². The van der Waals surface area contributed by atoms with Gasteiger partial charge < -0.3 is 5.32 Å². The molecular weight excluding hydrogens is 356 g/mol. The van der Waals surface area contributed by atoms with Crippen LogP contribution in [0.25, 0.3) is 0 Å². The largest absolute Gasteiger partial charge is 0.370 e. The van der Waals surface area contributed by atoms with E-state index in [0.717, 1.165) is 22.7 Å². The van der Waals surface area contributed by atoms with Crippen molar-refractivity contribution in [1.82, 2.24) is 14.3 Å². The van der Waals surface area contributed by atoms with Crippen LogP contribution in [0.4, 0.5) is 5.82 Å². The molecule has 0 aliphatic heterocycles. The maximum atomic E-state index is 11.5. The Labute approximate surface area is 135 Å². The van der Waals surface area contributed by atoms with E-state index in [1.165, 1.54) is 10.6 Å². The summed E-state index contributed by atoms with van der Waals surface area (Å²) in [4.78, 5) is 8.75. The first-order valence-electron chi connectivity index (χ1n) is 6.97. The normalized spacial score (nSPS) is 12.1. The number of hydrogen-bond acceptors (Lipinski definition) is 5. The van der Waals surface area contributed by atoms with Crippen molar-refractivity contribution in [2.24, 2.45) is 0 Å². The highest BCUT2D eigenvalue weighted by molar-refractivity contribution is 9.10. The Morgan fingerprint density at radius 3 is 2.57 bits per heavy atom. The molecular formula is C13H23BrN4O2S. The Bertz CT molecular complexity index is 563. The van der Waals surface area contributed by atoms with Gasteiger partial charge in [-0.3, -0.25) is 0 Å². The molecule has 1 aromatic heterocycles. The smallest absolute Gasteiger partial charge is 0.211 e. The third-order valence-corrected chi connectivity index (χ3v) is 4.73. The molecule has 120 valence electrons. The zero-order valence-corrected chi connectivity index (χ0v) is 15.3. The van der Waals surface area contributed by atoms with Crippen LogP contribution in [0.1, 0.15) is 38.9 Å². The summed E-state index contributed by atoms with van der Waals surface area (Å²) in [6.07, 6.45) is 1.96. The van der Waals surface area contributed by atoms with Crippen LogP contribution in [0.2, 0.25) is 0 Å². The monoisotopic (exact) mass is 378 g/mol. The average Bonchev–Trinajstić information content (AvgIpc) is 2.36. The predicted molar refractivity (Wildman–Crippen MR) is 89.0 cm³/mol. The first-order chi connectivity index (χ1) is 9.74. The van der Waals surface area contributed by atoms with Crippen molar-refractivity contribution in [3.05, 3.63) is 16.5 Å². The number of sulfonamides is 1. The topological polar surface area (TPSA) is 75.2 Å². The molecule has 1 N–H and O–H groups in total. The molecule has 21 heavy (non-hydrogen) atoms. The summed E-state index contributed by atoms with van der Waals surface area (Å²) >= 11 is 3.37. The van der Waals surface area contributed by atoms with Gasteiger partial charge in [0.1, 0.15) is 16.2 Å². The fraction of sp³-hybridized carbons (Fsp3) is 0.692. The Morgan fingerprint density at radius 2 is 2.05 bits per heavy atom. The number of aromatic nitrogens is 2. The van der Waals surface area contributed by atoms with Crippen molar-refractivity contribution >= 4 is 31.8 Å². The molecule has 0 unspecified atom stereocenters. The molecule has 0 amide bonds. The minimum atomic E-state index is -3.11. The van der Waals surface area contributed by atoms with Gasteiger partial charge in [-0.25, -0.2) is 22.7 Å². The van der Waals surface area contributed by atoms with Gasteiger partial charge in [0, 0.05) is 31.6 Å². The maximum Gasteiger partial charge on any atom is 0.211 e. The van der Waals surface area contributed by atoms with Gasteiger partial charge in [-0.2, -0.15) is 0 Å². The summed E-state index contributed by atoms with van der Waals surface area (Å²) in [5.41, 5.74) is 0. The Kier molecular flexibility index (Phi) is 7.02. The van der Waals surface area contributed by atoms with E-state index in [0.29, 0.717) is 19.6 Å². The Morgan fingerprint density at radius 1 is 1.38 bits per heavy atom. The average molecular weight is 379 g/mol. The number of halogens is 1. The summed E-state index contributed by atoms with van der Waals surface area (Å²) in [7, 11) is -3.11. The number of nitrogens with one attached hydrogen (secondary N) is 1. The Hall–Kier alpha value is -0.730. The summed E-state index contributed by atoms with van der Waals surface area (Å²) in [5, 5.41) is 3.21. The molecule has 0 aliphatic rings. The molecule has 0 bridgehead atoms. The van der Waals surface area contributed by atoms with Crippen molar-refractivity contribution in [3.8, 4) is 0 Å². The van der Waals surface area contributed by atoms with Gasteiger partial charge in [-0.05, 0) is 22.4 Å². The van der Waals surface area contributed by atoms with E-state index in [2.05, 4.69) is 31.2 Å². The molecule has 0 atom stereocenters. The van der Waals surface area contributed by atoms with Crippen LogP contribution in [0.5, 0.6) is 0 Å². The third kappa shape index (κ3) is 6.27. The van der Waals surface area contributed by atoms with E-state index >= 15 is 0 Å². The van der Waals surface area contributed by atoms with Crippen molar-refractivity contribution in [1.29, 1.82) is 0 Å². The second kappa shape index (κ2) is 8.05. The molecule has 1 rings (SSSR count). The molecule has 0 saturated carbocycles. The highest BCUT2D eigenvalue weighted by atomic mass is 79.9. The van der Waals surface area contributed by atoms with E-state index in [1.54, 1.807) is 0 Å². The molecule has 0 fully saturated rings. The fourth-order valence-corrected chi connectivity index (χ4v) is 3.14. The van der Waals surface area contributed by atoms with Crippen LogP contribution in [0.3, 0.4) is 0 Å². The summed E-state index contributed by atoms with van der Waals surface area (Å²) in [5.74, 6) is 1.78. The van der Waals surface area contributed by atoms with Gasteiger partial charge in [0.25, 0.3) is 0 Å². The Balaban J connectivity index is 2.53. The highest BCUT2D eigenvalue weighted by Crippen LogP contribution is 2.17. The van der Waals surface area contributed by atoms with Gasteiger partial charge in [-0.1, -0.05) is 20.8 Å². The molecule has 1 aromatic rings. The second-order valence-electron chi connectivity index (χ2n) is 5.12. The second-order valence-corrected chi connectivity index (χ2v) is 7.92. The molecule has 1 heterocycles. The molecule has 6 nitrogen and oxygen atoms in total. The van der Waals surface area contributed by atoms with Crippen LogP contribution >= 0.6 is 15.9 Å². The lowest BCUT2D eigenvalue weighted by molar-refractivity contribution is 0.428. The van der Waals surface area contributed by atoms with Crippen LogP contribution in [0.15, 0.2) is 10.7 Å². The molecule has 8 heteroatoms. The van der Waals surface area contributed by atoms with Crippen LogP contribution in [-0.2, 0) is 10.0 Å². The minimum absolute atomic E-state index is 0.254. The van der Waals surface area contributed by atoms with Crippen molar-refractivity contribution in [3.63, 3.8) is 0 Å². The summed E-state index contributed by atoms with van der Waals surface area (Å²) in [6.45, 7) is 7.58. The van der Waals surface area contributed by atoms with Gasteiger partial charge in [0.2, 0.25) is 10.0 Å². The highest BCUT2D eigenvalue weighted by Gasteiger charge is 2.13. The van der Waals surface area contributed by atoms with E-state index in [-0.39, 0.29) is 5.92 Å². The minimum Gasteiger partial charge on any atom is -0.370 e. The van der Waals surface area contributed by atoms with Gasteiger partial charge in [0.15, 0.2) is 0 Å². The molecule has 0 aliphatic carbocycles. The molecule has 0 aromatic carbocycles.